The molecule has 1 saturated heterocycles. The minimum atomic E-state index is -0.703. The molecule has 0 spiro atoms. The largest absolute Gasteiger partial charge is 0.354 e. The topological polar surface area (TPSA) is 70.2 Å². The van der Waals surface area contributed by atoms with Gasteiger partial charge in [-0.15, -0.1) is 0 Å². The van der Waals surface area contributed by atoms with Gasteiger partial charge in [0.1, 0.15) is 6.04 Å². The van der Waals surface area contributed by atoms with Crippen molar-refractivity contribution >= 4 is 11.8 Å². The number of carbonyl (C=O) groups is 2. The first kappa shape index (κ1) is 18.1. The fourth-order valence-corrected chi connectivity index (χ4v) is 3.21. The minimum Gasteiger partial charge on any atom is -0.354 e. The third-order valence-corrected chi connectivity index (χ3v) is 4.72. The van der Waals surface area contributed by atoms with Crippen LogP contribution in [0.2, 0.25) is 0 Å². The molecule has 136 valence electrons. The summed E-state index contributed by atoms with van der Waals surface area (Å²) in [6, 6.07) is 17.6. The van der Waals surface area contributed by atoms with Crippen LogP contribution in [0, 0.1) is 5.92 Å². The maximum absolute atomic E-state index is 12.7. The second-order valence-corrected chi connectivity index (χ2v) is 6.62. The van der Waals surface area contributed by atoms with E-state index in [2.05, 4.69) is 16.0 Å². The molecule has 0 bridgehead atoms. The van der Waals surface area contributed by atoms with Crippen LogP contribution in [-0.2, 0) is 4.79 Å². The van der Waals surface area contributed by atoms with E-state index in [9.17, 15) is 9.59 Å². The van der Waals surface area contributed by atoms with Crippen LogP contribution in [-0.4, -0.2) is 31.4 Å². The third-order valence-electron chi connectivity index (χ3n) is 4.72. The number of hydrogen-bond acceptors (Lipinski definition) is 3. The molecule has 2 atom stereocenters. The predicted molar refractivity (Wildman–Crippen MR) is 102 cm³/mol. The van der Waals surface area contributed by atoms with Gasteiger partial charge in [-0.05, 0) is 49.5 Å². The molecule has 5 heteroatoms. The second-order valence-electron chi connectivity index (χ2n) is 6.62. The number of hydrogen-bond donors (Lipinski definition) is 3. The molecule has 0 saturated carbocycles. The summed E-state index contributed by atoms with van der Waals surface area (Å²) in [5.74, 6) is 0.186. The normalized spacial score (nSPS) is 17.5. The van der Waals surface area contributed by atoms with Crippen molar-refractivity contribution in [3.8, 4) is 0 Å². The Morgan fingerprint density at radius 3 is 2.38 bits per heavy atom. The molecule has 1 aliphatic heterocycles. The molecule has 3 rings (SSSR count). The van der Waals surface area contributed by atoms with Crippen LogP contribution in [0.5, 0.6) is 0 Å². The molecule has 26 heavy (non-hydrogen) atoms. The summed E-state index contributed by atoms with van der Waals surface area (Å²) in [5.41, 5.74) is 1.31. The summed E-state index contributed by atoms with van der Waals surface area (Å²) in [7, 11) is 0. The van der Waals surface area contributed by atoms with Gasteiger partial charge in [0.05, 0.1) is 0 Å². The van der Waals surface area contributed by atoms with E-state index in [-0.39, 0.29) is 11.8 Å². The van der Waals surface area contributed by atoms with Gasteiger partial charge >= 0.3 is 0 Å². The Labute approximate surface area is 154 Å². The van der Waals surface area contributed by atoms with Crippen LogP contribution in [0.3, 0.4) is 0 Å². The van der Waals surface area contributed by atoms with E-state index in [1.165, 1.54) is 0 Å². The van der Waals surface area contributed by atoms with Gasteiger partial charge in [-0.1, -0.05) is 48.5 Å². The summed E-state index contributed by atoms with van der Waals surface area (Å²) < 4.78 is 0. The molecule has 5 nitrogen and oxygen atoms in total. The first-order valence-corrected chi connectivity index (χ1v) is 9.13. The van der Waals surface area contributed by atoms with Gasteiger partial charge in [0, 0.05) is 12.1 Å². The van der Waals surface area contributed by atoms with Crippen molar-refractivity contribution in [3.63, 3.8) is 0 Å². The lowest BCUT2D eigenvalue weighted by Crippen LogP contribution is -2.41. The van der Waals surface area contributed by atoms with Crippen molar-refractivity contribution in [1.82, 2.24) is 16.0 Å². The predicted octanol–water partition coefficient (Wildman–Crippen LogP) is 2.27. The van der Waals surface area contributed by atoms with Crippen molar-refractivity contribution in [2.45, 2.75) is 18.9 Å². The Morgan fingerprint density at radius 2 is 1.73 bits per heavy atom. The van der Waals surface area contributed by atoms with E-state index >= 15 is 0 Å². The molecule has 0 aliphatic carbocycles. The molecule has 0 aromatic heterocycles. The molecule has 0 radical (unpaired) electrons. The second kappa shape index (κ2) is 9.15. The van der Waals surface area contributed by atoms with Crippen LogP contribution in [0.25, 0.3) is 0 Å². The van der Waals surface area contributed by atoms with E-state index in [1.807, 2.05) is 48.5 Å². The molecular weight excluding hydrogens is 326 g/mol. The van der Waals surface area contributed by atoms with Crippen LogP contribution >= 0.6 is 0 Å². The van der Waals surface area contributed by atoms with E-state index in [0.29, 0.717) is 18.0 Å². The van der Waals surface area contributed by atoms with E-state index < -0.39 is 6.04 Å². The zero-order chi connectivity index (χ0) is 18.2. The van der Waals surface area contributed by atoms with Crippen molar-refractivity contribution in [1.29, 1.82) is 0 Å². The summed E-state index contributed by atoms with van der Waals surface area (Å²) in [5, 5.41) is 9.18. The average Bonchev–Trinajstić information content (AvgIpc) is 3.20. The monoisotopic (exact) mass is 351 g/mol. The first-order chi connectivity index (χ1) is 12.7. The van der Waals surface area contributed by atoms with Crippen molar-refractivity contribution in [3.05, 3.63) is 71.8 Å². The number of nitrogens with one attached hydrogen (secondary N) is 3. The SMILES string of the molecule is O=C(NC(C(=O)NCCC1CCNC1)c1ccccc1)c1ccccc1. The molecule has 2 unspecified atom stereocenters. The maximum atomic E-state index is 12.7. The Hall–Kier alpha value is -2.66. The Balaban J connectivity index is 1.64. The molecule has 1 heterocycles. The third kappa shape index (κ3) is 4.92. The molecular formula is C21H25N3O2. The Morgan fingerprint density at radius 1 is 1.04 bits per heavy atom. The van der Waals surface area contributed by atoms with E-state index in [4.69, 9.17) is 0 Å². The summed E-state index contributed by atoms with van der Waals surface area (Å²) in [6.45, 7) is 2.69. The highest BCUT2D eigenvalue weighted by molar-refractivity contribution is 5.97. The van der Waals surface area contributed by atoms with Crippen molar-refractivity contribution in [2.75, 3.05) is 19.6 Å². The molecule has 1 aliphatic rings. The molecule has 2 amide bonds. The van der Waals surface area contributed by atoms with Crippen molar-refractivity contribution < 1.29 is 9.59 Å². The van der Waals surface area contributed by atoms with Gasteiger partial charge in [-0.3, -0.25) is 9.59 Å². The first-order valence-electron chi connectivity index (χ1n) is 9.13. The zero-order valence-corrected chi connectivity index (χ0v) is 14.8. The molecule has 1 fully saturated rings. The average molecular weight is 351 g/mol. The van der Waals surface area contributed by atoms with Gasteiger partial charge in [-0.25, -0.2) is 0 Å². The van der Waals surface area contributed by atoms with Crippen LogP contribution in [0.1, 0.15) is 34.8 Å². The van der Waals surface area contributed by atoms with Gasteiger partial charge in [0.25, 0.3) is 5.91 Å². The lowest BCUT2D eigenvalue weighted by atomic mass is 10.0. The lowest BCUT2D eigenvalue weighted by molar-refractivity contribution is -0.123. The zero-order valence-electron chi connectivity index (χ0n) is 14.8. The lowest BCUT2D eigenvalue weighted by Gasteiger charge is -2.19. The number of benzene rings is 2. The number of carbonyl (C=O) groups excluding carboxylic acids is 2. The smallest absolute Gasteiger partial charge is 0.252 e. The highest BCUT2D eigenvalue weighted by atomic mass is 16.2. The minimum absolute atomic E-state index is 0.175. The van der Waals surface area contributed by atoms with Gasteiger partial charge in [0.2, 0.25) is 5.91 Å². The molecule has 2 aromatic rings. The molecule has 3 N–H and O–H groups in total. The number of amides is 2. The maximum Gasteiger partial charge on any atom is 0.252 e. The van der Waals surface area contributed by atoms with Crippen LogP contribution < -0.4 is 16.0 Å². The highest BCUT2D eigenvalue weighted by Gasteiger charge is 2.23. The van der Waals surface area contributed by atoms with Gasteiger partial charge in [-0.2, -0.15) is 0 Å². The Kier molecular flexibility index (Phi) is 6.39. The quantitative estimate of drug-likeness (QED) is 0.717. The van der Waals surface area contributed by atoms with Crippen LogP contribution in [0.15, 0.2) is 60.7 Å². The Bertz CT molecular complexity index is 713. The number of rotatable bonds is 7. The van der Waals surface area contributed by atoms with E-state index in [0.717, 1.165) is 31.5 Å². The summed E-state index contributed by atoms with van der Waals surface area (Å²) >= 11 is 0. The van der Waals surface area contributed by atoms with Gasteiger partial charge < -0.3 is 16.0 Å². The van der Waals surface area contributed by atoms with Crippen molar-refractivity contribution in [2.24, 2.45) is 5.92 Å². The summed E-state index contributed by atoms with van der Waals surface area (Å²) in [4.78, 5) is 25.3. The van der Waals surface area contributed by atoms with Crippen LogP contribution in [0.4, 0.5) is 0 Å². The fraction of sp³-hybridized carbons (Fsp3) is 0.333. The van der Waals surface area contributed by atoms with Gasteiger partial charge in [0.15, 0.2) is 0 Å². The standard InChI is InChI=1S/C21H25N3O2/c25-20(18-9-5-2-6-10-18)24-19(17-7-3-1-4-8-17)21(26)23-14-12-16-11-13-22-15-16/h1-10,16,19,22H,11-15H2,(H,23,26)(H,24,25). The highest BCUT2D eigenvalue weighted by Crippen LogP contribution is 2.15. The summed E-state index contributed by atoms with van der Waals surface area (Å²) in [6.07, 6.45) is 2.11. The molecule has 2 aromatic carbocycles. The fourth-order valence-electron chi connectivity index (χ4n) is 3.21. The van der Waals surface area contributed by atoms with E-state index in [1.54, 1.807) is 12.1 Å².